The molecule has 4 nitrogen and oxygen atoms in total. The number of phenols is 1. The number of benzene rings is 2. The monoisotopic (exact) mass is 389 g/mol. The molecule has 1 aliphatic rings. The highest BCUT2D eigenvalue weighted by Crippen LogP contribution is 2.42. The van der Waals surface area contributed by atoms with E-state index in [1.54, 1.807) is 6.07 Å². The average Bonchev–Trinajstić information content (AvgIpc) is 3.07. The Hall–Kier alpha value is -3.01. The van der Waals surface area contributed by atoms with Gasteiger partial charge < -0.3 is 14.8 Å². The van der Waals surface area contributed by atoms with Crippen LogP contribution in [0.25, 0.3) is 16.9 Å². The molecular formula is C25H27NO3. The second-order valence-electron chi connectivity index (χ2n) is 9.02. The van der Waals surface area contributed by atoms with Crippen LogP contribution >= 0.6 is 0 Å². The van der Waals surface area contributed by atoms with Crippen molar-refractivity contribution in [2.24, 2.45) is 11.3 Å². The smallest absolute Gasteiger partial charge is 0.335 e. The van der Waals surface area contributed by atoms with Crippen molar-refractivity contribution in [3.05, 3.63) is 71.4 Å². The number of hydrogen-bond donors (Lipinski definition) is 2. The lowest BCUT2D eigenvalue weighted by Gasteiger charge is -2.34. The third kappa shape index (κ3) is 3.55. The zero-order chi connectivity index (χ0) is 20.8. The fraction of sp³-hybridized carbons (Fsp3) is 0.320. The fourth-order valence-electron chi connectivity index (χ4n) is 4.40. The molecule has 0 bridgehead atoms. The first-order valence-corrected chi connectivity index (χ1v) is 10.1. The lowest BCUT2D eigenvalue weighted by Crippen LogP contribution is -2.27. The SMILES string of the molecule is CC(C)(C)C1CCc2c(cc(-c3ccccc3)n2-c2cc(C(=O)O)ccc2O)C1. The maximum absolute atomic E-state index is 11.5. The number of aromatic hydroxyl groups is 1. The molecule has 1 aromatic heterocycles. The Labute approximate surface area is 171 Å². The van der Waals surface area contributed by atoms with Crippen molar-refractivity contribution in [2.45, 2.75) is 40.0 Å². The van der Waals surface area contributed by atoms with Crippen LogP contribution in [-0.4, -0.2) is 20.7 Å². The summed E-state index contributed by atoms with van der Waals surface area (Å²) >= 11 is 0. The molecule has 2 N–H and O–H groups in total. The van der Waals surface area contributed by atoms with Crippen molar-refractivity contribution >= 4 is 5.97 Å². The Morgan fingerprint density at radius 2 is 1.79 bits per heavy atom. The summed E-state index contributed by atoms with van der Waals surface area (Å²) in [4.78, 5) is 11.5. The summed E-state index contributed by atoms with van der Waals surface area (Å²) in [6.07, 6.45) is 2.97. The molecule has 0 saturated heterocycles. The van der Waals surface area contributed by atoms with Crippen LogP contribution in [0.5, 0.6) is 5.75 Å². The third-order valence-corrected chi connectivity index (χ3v) is 6.15. The minimum Gasteiger partial charge on any atom is -0.506 e. The van der Waals surface area contributed by atoms with Gasteiger partial charge in [0.1, 0.15) is 5.75 Å². The van der Waals surface area contributed by atoms with E-state index < -0.39 is 5.97 Å². The number of aromatic carboxylic acids is 1. The highest BCUT2D eigenvalue weighted by atomic mass is 16.4. The number of carboxylic acid groups (broad SMARTS) is 1. The first kappa shape index (κ1) is 19.3. The largest absolute Gasteiger partial charge is 0.506 e. The van der Waals surface area contributed by atoms with Crippen molar-refractivity contribution in [2.75, 3.05) is 0 Å². The summed E-state index contributed by atoms with van der Waals surface area (Å²) < 4.78 is 2.06. The summed E-state index contributed by atoms with van der Waals surface area (Å²) in [5, 5.41) is 20.1. The molecule has 1 atom stereocenters. The average molecular weight is 389 g/mol. The number of hydrogen-bond acceptors (Lipinski definition) is 2. The van der Waals surface area contributed by atoms with Gasteiger partial charge in [0, 0.05) is 5.69 Å². The van der Waals surface area contributed by atoms with E-state index in [9.17, 15) is 15.0 Å². The Balaban J connectivity index is 1.93. The topological polar surface area (TPSA) is 62.5 Å². The van der Waals surface area contributed by atoms with Gasteiger partial charge in [-0.2, -0.15) is 0 Å². The van der Waals surface area contributed by atoms with Gasteiger partial charge >= 0.3 is 5.97 Å². The van der Waals surface area contributed by atoms with E-state index in [1.165, 1.54) is 23.4 Å². The van der Waals surface area contributed by atoms with Gasteiger partial charge in [0.2, 0.25) is 0 Å². The Bertz CT molecular complexity index is 1060. The molecule has 0 radical (unpaired) electrons. The van der Waals surface area contributed by atoms with Crippen molar-refractivity contribution in [3.63, 3.8) is 0 Å². The van der Waals surface area contributed by atoms with Gasteiger partial charge in [-0.3, -0.25) is 0 Å². The van der Waals surface area contributed by atoms with Gasteiger partial charge in [-0.05, 0) is 66.0 Å². The van der Waals surface area contributed by atoms with E-state index >= 15 is 0 Å². The molecule has 0 saturated carbocycles. The number of fused-ring (bicyclic) bond motifs is 1. The van der Waals surface area contributed by atoms with E-state index in [0.717, 1.165) is 30.5 Å². The van der Waals surface area contributed by atoms with Crippen LogP contribution in [0.4, 0.5) is 0 Å². The van der Waals surface area contributed by atoms with Crippen LogP contribution in [-0.2, 0) is 12.8 Å². The van der Waals surface area contributed by atoms with Gasteiger partial charge in [-0.1, -0.05) is 51.1 Å². The van der Waals surface area contributed by atoms with E-state index in [4.69, 9.17) is 0 Å². The molecule has 0 aliphatic heterocycles. The number of rotatable bonds is 3. The highest BCUT2D eigenvalue weighted by Gasteiger charge is 2.32. The number of carbonyl (C=O) groups is 1. The lowest BCUT2D eigenvalue weighted by molar-refractivity contribution is 0.0697. The molecular weight excluding hydrogens is 362 g/mol. The van der Waals surface area contributed by atoms with Crippen LogP contribution in [0.1, 0.15) is 48.8 Å². The second-order valence-corrected chi connectivity index (χ2v) is 9.02. The van der Waals surface area contributed by atoms with Crippen LogP contribution in [0.15, 0.2) is 54.6 Å². The van der Waals surface area contributed by atoms with Gasteiger partial charge in [0.15, 0.2) is 0 Å². The number of aromatic nitrogens is 1. The zero-order valence-corrected chi connectivity index (χ0v) is 17.1. The maximum atomic E-state index is 11.5. The first-order valence-electron chi connectivity index (χ1n) is 10.1. The minimum absolute atomic E-state index is 0.0866. The van der Waals surface area contributed by atoms with Crippen LogP contribution in [0.2, 0.25) is 0 Å². The van der Waals surface area contributed by atoms with Crippen LogP contribution in [0.3, 0.4) is 0 Å². The second kappa shape index (κ2) is 7.11. The summed E-state index contributed by atoms with van der Waals surface area (Å²) in [6.45, 7) is 6.87. The summed E-state index contributed by atoms with van der Waals surface area (Å²) in [5.41, 5.74) is 5.43. The predicted molar refractivity (Wildman–Crippen MR) is 115 cm³/mol. The Morgan fingerprint density at radius 1 is 1.07 bits per heavy atom. The highest BCUT2D eigenvalue weighted by molar-refractivity contribution is 5.89. The molecule has 4 rings (SSSR count). The molecule has 3 aromatic rings. The summed E-state index contributed by atoms with van der Waals surface area (Å²) in [6, 6.07) is 16.8. The molecule has 29 heavy (non-hydrogen) atoms. The van der Waals surface area contributed by atoms with E-state index in [1.807, 2.05) is 18.2 Å². The molecule has 4 heteroatoms. The van der Waals surface area contributed by atoms with Crippen LogP contribution < -0.4 is 0 Å². The predicted octanol–water partition coefficient (Wildman–Crippen LogP) is 5.70. The Morgan fingerprint density at radius 3 is 2.45 bits per heavy atom. The molecule has 1 unspecified atom stereocenters. The molecule has 2 aromatic carbocycles. The van der Waals surface area contributed by atoms with Gasteiger partial charge in [-0.15, -0.1) is 0 Å². The lowest BCUT2D eigenvalue weighted by atomic mass is 9.72. The zero-order valence-electron chi connectivity index (χ0n) is 17.1. The van der Waals surface area contributed by atoms with Crippen molar-refractivity contribution in [3.8, 4) is 22.7 Å². The van der Waals surface area contributed by atoms with Gasteiger partial charge in [0.05, 0.1) is 16.9 Å². The molecule has 1 heterocycles. The summed E-state index contributed by atoms with van der Waals surface area (Å²) in [7, 11) is 0. The van der Waals surface area contributed by atoms with E-state index in [2.05, 4.69) is 43.5 Å². The van der Waals surface area contributed by atoms with Crippen molar-refractivity contribution in [1.82, 2.24) is 4.57 Å². The normalized spacial score (nSPS) is 16.4. The third-order valence-electron chi connectivity index (χ3n) is 6.15. The van der Waals surface area contributed by atoms with Crippen molar-refractivity contribution in [1.29, 1.82) is 0 Å². The van der Waals surface area contributed by atoms with E-state index in [-0.39, 0.29) is 16.7 Å². The van der Waals surface area contributed by atoms with Crippen molar-refractivity contribution < 1.29 is 15.0 Å². The molecule has 150 valence electrons. The standard InChI is InChI=1S/C25H27NO3/c1-25(2,3)19-10-11-20-18(13-19)15-21(16-7-5-4-6-8-16)26(20)22-14-17(24(28)29)9-12-23(22)27/h4-9,12,14-15,19,27H,10-11,13H2,1-3H3,(H,28,29). The molecule has 0 fully saturated rings. The Kier molecular flexibility index (Phi) is 4.73. The van der Waals surface area contributed by atoms with Crippen LogP contribution in [0, 0.1) is 11.3 Å². The minimum atomic E-state index is -0.999. The number of nitrogens with zero attached hydrogens (tertiary/aromatic N) is 1. The first-order chi connectivity index (χ1) is 13.8. The molecule has 0 spiro atoms. The van der Waals surface area contributed by atoms with E-state index in [0.29, 0.717) is 11.6 Å². The number of carboxylic acids is 1. The maximum Gasteiger partial charge on any atom is 0.335 e. The van der Waals surface area contributed by atoms with Gasteiger partial charge in [-0.25, -0.2) is 4.79 Å². The van der Waals surface area contributed by atoms with Gasteiger partial charge in [0.25, 0.3) is 0 Å². The molecule has 0 amide bonds. The fourth-order valence-corrected chi connectivity index (χ4v) is 4.40. The number of phenolic OH excluding ortho intramolecular Hbond substituents is 1. The summed E-state index contributed by atoms with van der Waals surface area (Å²) in [5.74, 6) is -0.321. The molecule has 1 aliphatic carbocycles. The quantitative estimate of drug-likeness (QED) is 0.604.